The summed E-state index contributed by atoms with van der Waals surface area (Å²) in [4.78, 5) is 0. The minimum atomic E-state index is 0.0320. The van der Waals surface area contributed by atoms with Crippen LogP contribution in [-0.4, -0.2) is 16.9 Å². The second-order valence-corrected chi connectivity index (χ2v) is 4.57. The number of ether oxygens (including phenoxy) is 1. The largest absolute Gasteiger partial charge is 0.497 e. The zero-order chi connectivity index (χ0) is 13.7. The summed E-state index contributed by atoms with van der Waals surface area (Å²) in [5.74, 6) is 0.886. The van der Waals surface area contributed by atoms with E-state index in [1.54, 1.807) is 7.11 Å². The minimum Gasteiger partial charge on any atom is -0.497 e. The number of methoxy groups -OCH3 is 1. The molecule has 4 nitrogen and oxygen atoms in total. The molecule has 0 amide bonds. The Morgan fingerprint density at radius 3 is 2.63 bits per heavy atom. The molecule has 0 bridgehead atoms. The lowest BCUT2D eigenvalue weighted by molar-refractivity contribution is 0.414. The lowest BCUT2D eigenvalue weighted by Crippen LogP contribution is -2.16. The Hall–Kier alpha value is -1.81. The van der Waals surface area contributed by atoms with Gasteiger partial charge in [0.25, 0.3) is 0 Å². The molecule has 102 valence electrons. The summed E-state index contributed by atoms with van der Waals surface area (Å²) in [6.07, 6.45) is 3.68. The van der Waals surface area contributed by atoms with Crippen LogP contribution in [0.4, 0.5) is 0 Å². The van der Waals surface area contributed by atoms with Crippen molar-refractivity contribution in [2.45, 2.75) is 32.4 Å². The van der Waals surface area contributed by atoms with Gasteiger partial charge in [-0.15, -0.1) is 0 Å². The van der Waals surface area contributed by atoms with Crippen molar-refractivity contribution in [2.75, 3.05) is 7.11 Å². The molecule has 0 aliphatic rings. The first-order valence-corrected chi connectivity index (χ1v) is 6.64. The number of nitrogens with two attached hydrogens (primary N) is 1. The smallest absolute Gasteiger partial charge is 0.118 e. The highest BCUT2D eigenvalue weighted by Gasteiger charge is 2.10. The van der Waals surface area contributed by atoms with Crippen LogP contribution in [0, 0.1) is 0 Å². The normalized spacial score (nSPS) is 12.4. The third-order valence-corrected chi connectivity index (χ3v) is 3.33. The van der Waals surface area contributed by atoms with Gasteiger partial charge in [0, 0.05) is 18.8 Å². The minimum absolute atomic E-state index is 0.0320. The average molecular weight is 259 g/mol. The van der Waals surface area contributed by atoms with Crippen molar-refractivity contribution in [3.63, 3.8) is 0 Å². The van der Waals surface area contributed by atoms with Crippen LogP contribution in [0.3, 0.4) is 0 Å². The maximum absolute atomic E-state index is 6.23. The first-order valence-electron chi connectivity index (χ1n) is 6.64. The third kappa shape index (κ3) is 3.35. The van der Waals surface area contributed by atoms with Crippen LogP contribution in [0.1, 0.15) is 30.6 Å². The van der Waals surface area contributed by atoms with Crippen molar-refractivity contribution >= 4 is 0 Å². The summed E-state index contributed by atoms with van der Waals surface area (Å²) < 4.78 is 7.10. The van der Waals surface area contributed by atoms with Crippen molar-refractivity contribution in [1.82, 2.24) is 9.78 Å². The predicted octanol–water partition coefficient (Wildman–Crippen LogP) is 2.54. The SMILES string of the molecule is CCn1nccc1C(N)CCc1ccc(OC)cc1. The maximum atomic E-state index is 6.23. The number of hydrogen-bond donors (Lipinski definition) is 1. The molecule has 0 saturated heterocycles. The number of rotatable bonds is 6. The Kier molecular flexibility index (Phi) is 4.58. The summed E-state index contributed by atoms with van der Waals surface area (Å²) >= 11 is 0. The van der Waals surface area contributed by atoms with Gasteiger partial charge in [0.15, 0.2) is 0 Å². The number of aryl methyl sites for hydroxylation is 2. The predicted molar refractivity (Wildman–Crippen MR) is 76.1 cm³/mol. The molecule has 0 aliphatic heterocycles. The van der Waals surface area contributed by atoms with E-state index in [4.69, 9.17) is 10.5 Å². The summed E-state index contributed by atoms with van der Waals surface area (Å²) in [5, 5.41) is 4.25. The van der Waals surface area contributed by atoms with Gasteiger partial charge in [-0.1, -0.05) is 12.1 Å². The number of benzene rings is 1. The molecule has 1 heterocycles. The molecule has 1 aromatic carbocycles. The van der Waals surface area contributed by atoms with Gasteiger partial charge in [-0.3, -0.25) is 4.68 Å². The second-order valence-electron chi connectivity index (χ2n) is 4.57. The van der Waals surface area contributed by atoms with Crippen LogP contribution in [0.25, 0.3) is 0 Å². The van der Waals surface area contributed by atoms with Crippen LogP contribution < -0.4 is 10.5 Å². The molecular formula is C15H21N3O. The molecule has 2 rings (SSSR count). The van der Waals surface area contributed by atoms with Crippen LogP contribution in [0.15, 0.2) is 36.5 Å². The van der Waals surface area contributed by atoms with Crippen molar-refractivity contribution in [1.29, 1.82) is 0 Å². The highest BCUT2D eigenvalue weighted by atomic mass is 16.5. The van der Waals surface area contributed by atoms with Crippen LogP contribution in [-0.2, 0) is 13.0 Å². The molecular weight excluding hydrogens is 238 g/mol. The van der Waals surface area contributed by atoms with Crippen molar-refractivity contribution in [3.8, 4) is 5.75 Å². The van der Waals surface area contributed by atoms with E-state index in [1.165, 1.54) is 5.56 Å². The zero-order valence-electron chi connectivity index (χ0n) is 11.5. The van der Waals surface area contributed by atoms with E-state index in [9.17, 15) is 0 Å². The Morgan fingerprint density at radius 2 is 2.00 bits per heavy atom. The lowest BCUT2D eigenvalue weighted by Gasteiger charge is -2.13. The van der Waals surface area contributed by atoms with Gasteiger partial charge in [-0.25, -0.2) is 0 Å². The van der Waals surface area contributed by atoms with E-state index >= 15 is 0 Å². The topological polar surface area (TPSA) is 53.1 Å². The number of hydrogen-bond acceptors (Lipinski definition) is 3. The molecule has 1 unspecified atom stereocenters. The van der Waals surface area contributed by atoms with Crippen LogP contribution in [0.5, 0.6) is 5.75 Å². The molecule has 0 aliphatic carbocycles. The van der Waals surface area contributed by atoms with E-state index in [2.05, 4.69) is 24.2 Å². The van der Waals surface area contributed by atoms with Gasteiger partial charge in [0.1, 0.15) is 5.75 Å². The van der Waals surface area contributed by atoms with E-state index in [1.807, 2.05) is 29.1 Å². The summed E-state index contributed by atoms with van der Waals surface area (Å²) in [7, 11) is 1.68. The van der Waals surface area contributed by atoms with E-state index in [-0.39, 0.29) is 6.04 Å². The van der Waals surface area contributed by atoms with Crippen LogP contribution in [0.2, 0.25) is 0 Å². The monoisotopic (exact) mass is 259 g/mol. The molecule has 0 spiro atoms. The zero-order valence-corrected chi connectivity index (χ0v) is 11.5. The first-order chi connectivity index (χ1) is 9.24. The summed E-state index contributed by atoms with van der Waals surface area (Å²) in [6, 6.07) is 10.2. The molecule has 1 atom stereocenters. The van der Waals surface area contributed by atoms with Gasteiger partial charge >= 0.3 is 0 Å². The maximum Gasteiger partial charge on any atom is 0.118 e. The standard InChI is InChI=1S/C15H21N3O/c1-3-18-15(10-11-17-18)14(16)9-6-12-4-7-13(19-2)8-5-12/h4-5,7-8,10-11,14H,3,6,9,16H2,1-2H3. The molecule has 19 heavy (non-hydrogen) atoms. The first kappa shape index (κ1) is 13.6. The molecule has 2 N–H and O–H groups in total. The Balaban J connectivity index is 1.94. The van der Waals surface area contributed by atoms with Crippen LogP contribution >= 0.6 is 0 Å². The lowest BCUT2D eigenvalue weighted by atomic mass is 10.0. The van der Waals surface area contributed by atoms with Crippen molar-refractivity contribution in [3.05, 3.63) is 47.8 Å². The second kappa shape index (κ2) is 6.38. The van der Waals surface area contributed by atoms with Gasteiger partial charge in [0.05, 0.1) is 12.8 Å². The number of nitrogens with zero attached hydrogens (tertiary/aromatic N) is 2. The van der Waals surface area contributed by atoms with E-state index in [0.29, 0.717) is 0 Å². The van der Waals surface area contributed by atoms with E-state index in [0.717, 1.165) is 30.8 Å². The Bertz CT molecular complexity index is 504. The van der Waals surface area contributed by atoms with Gasteiger partial charge in [-0.2, -0.15) is 5.10 Å². The fourth-order valence-corrected chi connectivity index (χ4v) is 2.18. The summed E-state index contributed by atoms with van der Waals surface area (Å²) in [6.45, 7) is 2.94. The molecule has 4 heteroatoms. The fourth-order valence-electron chi connectivity index (χ4n) is 2.18. The fraction of sp³-hybridized carbons (Fsp3) is 0.400. The Morgan fingerprint density at radius 1 is 1.26 bits per heavy atom. The average Bonchev–Trinajstić information content (AvgIpc) is 2.93. The highest BCUT2D eigenvalue weighted by Crippen LogP contribution is 2.18. The molecule has 0 saturated carbocycles. The van der Waals surface area contributed by atoms with Gasteiger partial charge < -0.3 is 10.5 Å². The summed E-state index contributed by atoms with van der Waals surface area (Å²) in [5.41, 5.74) is 8.62. The third-order valence-electron chi connectivity index (χ3n) is 3.33. The van der Waals surface area contributed by atoms with Crippen molar-refractivity contribution < 1.29 is 4.74 Å². The van der Waals surface area contributed by atoms with Crippen molar-refractivity contribution in [2.24, 2.45) is 5.73 Å². The molecule has 0 fully saturated rings. The highest BCUT2D eigenvalue weighted by molar-refractivity contribution is 5.27. The quantitative estimate of drug-likeness (QED) is 0.867. The molecule has 0 radical (unpaired) electrons. The van der Waals surface area contributed by atoms with Gasteiger partial charge in [0.2, 0.25) is 0 Å². The Labute approximate surface area is 114 Å². The molecule has 1 aromatic heterocycles. The van der Waals surface area contributed by atoms with Gasteiger partial charge in [-0.05, 0) is 43.5 Å². The number of aromatic nitrogens is 2. The van der Waals surface area contributed by atoms with E-state index < -0.39 is 0 Å². The molecule has 2 aromatic rings.